The zero-order valence-electron chi connectivity index (χ0n) is 11.6. The van der Waals surface area contributed by atoms with E-state index < -0.39 is 14.8 Å². The van der Waals surface area contributed by atoms with Gasteiger partial charge in [0.1, 0.15) is 0 Å². The maximum Gasteiger partial charge on any atom is 0.153 e. The molecule has 17 heavy (non-hydrogen) atoms. The molecule has 2 fully saturated rings. The topological polar surface area (TPSA) is 0 Å². The molecule has 0 spiro atoms. The molecule has 0 N–H and O–H groups in total. The predicted molar refractivity (Wildman–Crippen MR) is 84.2 cm³/mol. The minimum atomic E-state index is -1.44. The van der Waals surface area contributed by atoms with Gasteiger partial charge in [0.2, 0.25) is 0 Å². The molecule has 2 rings (SSSR count). The Morgan fingerprint density at radius 3 is 2.12 bits per heavy atom. The molecule has 4 atom stereocenters. The fraction of sp³-hybridized carbons (Fsp3) is 1.00. The Labute approximate surface area is 118 Å². The predicted octanol–water partition coefficient (Wildman–Crippen LogP) is 5.68. The Morgan fingerprint density at radius 2 is 1.65 bits per heavy atom. The van der Waals surface area contributed by atoms with Crippen LogP contribution < -0.4 is 0 Å². The molecule has 0 amide bonds. The fourth-order valence-corrected chi connectivity index (χ4v) is 8.60. The van der Waals surface area contributed by atoms with Gasteiger partial charge in [0.25, 0.3) is 0 Å². The summed E-state index contributed by atoms with van der Waals surface area (Å²) in [5.41, 5.74) is 0.882. The molecule has 2 bridgehead atoms. The van der Waals surface area contributed by atoms with Crippen LogP contribution in [0.5, 0.6) is 0 Å². The van der Waals surface area contributed by atoms with E-state index in [9.17, 15) is 0 Å². The lowest BCUT2D eigenvalue weighted by Gasteiger charge is -2.36. The Bertz CT molecular complexity index is 280. The first-order chi connectivity index (χ1) is 7.67. The lowest BCUT2D eigenvalue weighted by molar-refractivity contribution is 0.320. The Hall–Kier alpha value is 1.01. The van der Waals surface area contributed by atoms with Crippen LogP contribution >= 0.6 is 22.2 Å². The van der Waals surface area contributed by atoms with Crippen molar-refractivity contribution in [2.75, 3.05) is 0 Å². The number of hydrogen-bond acceptors (Lipinski definition) is 0. The highest BCUT2D eigenvalue weighted by Crippen LogP contribution is 2.60. The van der Waals surface area contributed by atoms with Crippen molar-refractivity contribution in [2.24, 2.45) is 17.8 Å². The molecule has 0 aromatic heterocycles. The zero-order chi connectivity index (χ0) is 12.8. The van der Waals surface area contributed by atoms with Gasteiger partial charge in [-0.2, -0.15) is 22.2 Å². The molecule has 0 heterocycles. The van der Waals surface area contributed by atoms with Crippen LogP contribution in [0.25, 0.3) is 0 Å². The molecule has 0 aromatic carbocycles. The van der Waals surface area contributed by atoms with Crippen molar-refractivity contribution < 1.29 is 0 Å². The summed E-state index contributed by atoms with van der Waals surface area (Å²) in [6.07, 6.45) is 5.76. The van der Waals surface area contributed by atoms with Crippen molar-refractivity contribution in [1.29, 1.82) is 0 Å². The van der Waals surface area contributed by atoms with Gasteiger partial charge in [-0.3, -0.25) is 0 Å². The van der Waals surface area contributed by atoms with Crippen LogP contribution in [0.2, 0.25) is 37.8 Å². The van der Waals surface area contributed by atoms with Gasteiger partial charge in [-0.05, 0) is 48.6 Å². The minimum Gasteiger partial charge on any atom is -0.168 e. The molecule has 0 saturated heterocycles. The summed E-state index contributed by atoms with van der Waals surface area (Å²) in [6.45, 7) is 9.24. The van der Waals surface area contributed by atoms with Crippen molar-refractivity contribution in [2.45, 2.75) is 63.5 Å². The Balaban J connectivity index is 1.94. The molecule has 0 nitrogen and oxygen atoms in total. The van der Waals surface area contributed by atoms with Crippen LogP contribution in [-0.2, 0) is 0 Å². The first kappa shape index (κ1) is 14.4. The summed E-state index contributed by atoms with van der Waals surface area (Å²) in [5.74, 6) is 2.91. The van der Waals surface area contributed by atoms with Gasteiger partial charge >= 0.3 is 0 Å². The third kappa shape index (κ3) is 3.52. The second-order valence-electron chi connectivity index (χ2n) is 7.43. The second kappa shape index (κ2) is 4.84. The average Bonchev–Trinajstić information content (AvgIpc) is 2.70. The molecular formula is C13H26Cl2Si2. The monoisotopic (exact) mass is 308 g/mol. The Morgan fingerprint density at radius 1 is 1.00 bits per heavy atom. The van der Waals surface area contributed by atoms with E-state index in [2.05, 4.69) is 26.2 Å². The van der Waals surface area contributed by atoms with Gasteiger partial charge in [-0.25, -0.2) is 0 Å². The average molecular weight is 309 g/mol. The lowest BCUT2D eigenvalue weighted by atomic mass is 9.86. The summed E-state index contributed by atoms with van der Waals surface area (Å²) in [5, 5.41) is 0. The van der Waals surface area contributed by atoms with Crippen LogP contribution in [0, 0.1) is 17.8 Å². The smallest absolute Gasteiger partial charge is 0.153 e. The van der Waals surface area contributed by atoms with Gasteiger partial charge in [-0.15, -0.1) is 0 Å². The highest BCUT2D eigenvalue weighted by molar-refractivity contribution is 7.20. The van der Waals surface area contributed by atoms with Crippen molar-refractivity contribution in [3.63, 3.8) is 0 Å². The van der Waals surface area contributed by atoms with E-state index in [4.69, 9.17) is 22.2 Å². The third-order valence-corrected chi connectivity index (χ3v) is 10.3. The molecule has 2 unspecified atom stereocenters. The standard InChI is InChI=1S/C13H26Cl2Si2/c1-16(2,14)6-5-11-7-10-8-12(11)13(9-10)17(3,4)15/h10-13H,5-9H2,1-4H3/t10-,11?,12-,13?/m0/s1. The van der Waals surface area contributed by atoms with Gasteiger partial charge in [0, 0.05) is 0 Å². The fourth-order valence-electron chi connectivity index (χ4n) is 4.15. The summed E-state index contributed by atoms with van der Waals surface area (Å²) in [6, 6.07) is 1.29. The molecular weight excluding hydrogens is 283 g/mol. The summed E-state index contributed by atoms with van der Waals surface area (Å²) in [7, 11) is -2.81. The van der Waals surface area contributed by atoms with Crippen molar-refractivity contribution in [1.82, 2.24) is 0 Å². The van der Waals surface area contributed by atoms with E-state index in [1.807, 2.05) is 0 Å². The largest absolute Gasteiger partial charge is 0.168 e. The highest BCUT2D eigenvalue weighted by atomic mass is 35.6. The number of fused-ring (bicyclic) bond motifs is 2. The molecule has 0 radical (unpaired) electrons. The molecule has 0 aromatic rings. The van der Waals surface area contributed by atoms with E-state index in [1.54, 1.807) is 0 Å². The van der Waals surface area contributed by atoms with Crippen LogP contribution in [0.4, 0.5) is 0 Å². The first-order valence-corrected chi connectivity index (χ1v) is 15.4. The lowest BCUT2D eigenvalue weighted by Crippen LogP contribution is -2.33. The minimum absolute atomic E-state index is 0.882. The van der Waals surface area contributed by atoms with Gasteiger partial charge < -0.3 is 0 Å². The Kier molecular flexibility index (Phi) is 4.11. The molecule has 0 aliphatic heterocycles. The quantitative estimate of drug-likeness (QED) is 0.463. The van der Waals surface area contributed by atoms with E-state index in [0.717, 1.165) is 23.3 Å². The summed E-state index contributed by atoms with van der Waals surface area (Å²) >= 11 is 13.2. The van der Waals surface area contributed by atoms with E-state index in [1.165, 1.54) is 31.7 Å². The maximum atomic E-state index is 6.71. The third-order valence-electron chi connectivity index (χ3n) is 4.94. The molecule has 2 aliphatic carbocycles. The van der Waals surface area contributed by atoms with E-state index >= 15 is 0 Å². The highest BCUT2D eigenvalue weighted by Gasteiger charge is 2.51. The SMILES string of the molecule is C[Si](C)(Cl)CCC1C[C@@H]2CC([Si](C)(C)Cl)[C@H]1C2. The van der Waals surface area contributed by atoms with Crippen LogP contribution in [0.3, 0.4) is 0 Å². The van der Waals surface area contributed by atoms with E-state index in [-0.39, 0.29) is 0 Å². The molecule has 4 heteroatoms. The van der Waals surface area contributed by atoms with Crippen molar-refractivity contribution in [3.8, 4) is 0 Å². The van der Waals surface area contributed by atoms with Crippen molar-refractivity contribution >= 4 is 36.9 Å². The van der Waals surface area contributed by atoms with Crippen LogP contribution in [-0.4, -0.2) is 14.8 Å². The van der Waals surface area contributed by atoms with Gasteiger partial charge in [-0.1, -0.05) is 32.6 Å². The molecule has 2 saturated carbocycles. The van der Waals surface area contributed by atoms with Crippen molar-refractivity contribution in [3.05, 3.63) is 0 Å². The number of rotatable bonds is 4. The van der Waals surface area contributed by atoms with Gasteiger partial charge in [0.15, 0.2) is 14.8 Å². The summed E-state index contributed by atoms with van der Waals surface area (Å²) < 4.78 is 0. The molecule has 2 aliphatic rings. The van der Waals surface area contributed by atoms with Gasteiger partial charge in [0.05, 0.1) is 0 Å². The van der Waals surface area contributed by atoms with Crippen LogP contribution in [0.1, 0.15) is 25.7 Å². The van der Waals surface area contributed by atoms with E-state index in [0.29, 0.717) is 0 Å². The maximum absolute atomic E-state index is 6.71. The van der Waals surface area contributed by atoms with Crippen LogP contribution in [0.15, 0.2) is 0 Å². The summed E-state index contributed by atoms with van der Waals surface area (Å²) in [4.78, 5) is 0. The first-order valence-electron chi connectivity index (χ1n) is 7.04. The second-order valence-corrected chi connectivity index (χ2v) is 21.2. The normalized spacial score (nSPS) is 37.8. The number of halogens is 2. The number of hydrogen-bond donors (Lipinski definition) is 0. The molecule has 100 valence electrons. The zero-order valence-corrected chi connectivity index (χ0v) is 15.1.